The minimum atomic E-state index is -0.412. The molecule has 2 nitrogen and oxygen atoms in total. The maximum absolute atomic E-state index is 10.5. The summed E-state index contributed by atoms with van der Waals surface area (Å²) in [6, 6.07) is 0. The highest BCUT2D eigenvalue weighted by molar-refractivity contribution is 5.95. The molecule has 9 heavy (non-hydrogen) atoms. The SMILES string of the molecule is C=CC(C(N)=O)=C(C)C. The van der Waals surface area contributed by atoms with Crippen LogP contribution in [0.15, 0.2) is 23.8 Å². The molecule has 0 aliphatic rings. The Morgan fingerprint density at radius 2 is 2.00 bits per heavy atom. The summed E-state index contributed by atoms with van der Waals surface area (Å²) in [5, 5.41) is 0. The normalized spacial score (nSPS) is 8.22. The highest BCUT2D eigenvalue weighted by Gasteiger charge is 1.99. The third-order valence-corrected chi connectivity index (χ3v) is 1.01. The van der Waals surface area contributed by atoms with E-state index < -0.39 is 5.91 Å². The second-order valence-corrected chi connectivity index (χ2v) is 1.98. The summed E-state index contributed by atoms with van der Waals surface area (Å²) in [7, 11) is 0. The molecule has 2 N–H and O–H groups in total. The summed E-state index contributed by atoms with van der Waals surface area (Å²) in [6.07, 6.45) is 1.47. The summed E-state index contributed by atoms with van der Waals surface area (Å²) >= 11 is 0. The van der Waals surface area contributed by atoms with Crippen molar-refractivity contribution in [1.82, 2.24) is 0 Å². The lowest BCUT2D eigenvalue weighted by Crippen LogP contribution is -2.13. The van der Waals surface area contributed by atoms with Gasteiger partial charge in [0.1, 0.15) is 0 Å². The monoisotopic (exact) mass is 125 g/mol. The highest BCUT2D eigenvalue weighted by atomic mass is 16.1. The van der Waals surface area contributed by atoms with Gasteiger partial charge in [-0.05, 0) is 13.8 Å². The Balaban J connectivity index is 4.55. The van der Waals surface area contributed by atoms with Gasteiger partial charge in [0.25, 0.3) is 0 Å². The van der Waals surface area contributed by atoms with Crippen LogP contribution in [-0.2, 0) is 4.79 Å². The Morgan fingerprint density at radius 3 is 2.00 bits per heavy atom. The summed E-state index contributed by atoms with van der Waals surface area (Å²) in [6.45, 7) is 7.09. The van der Waals surface area contributed by atoms with Crippen LogP contribution in [0, 0.1) is 0 Å². The number of hydrogen-bond donors (Lipinski definition) is 1. The number of nitrogens with two attached hydrogens (primary N) is 1. The molecule has 0 radical (unpaired) electrons. The maximum atomic E-state index is 10.5. The molecule has 0 aliphatic heterocycles. The van der Waals surface area contributed by atoms with E-state index in [1.54, 1.807) is 0 Å². The molecule has 0 rings (SSSR count). The van der Waals surface area contributed by atoms with Crippen molar-refractivity contribution in [2.45, 2.75) is 13.8 Å². The van der Waals surface area contributed by atoms with Gasteiger partial charge in [0.2, 0.25) is 5.91 Å². The van der Waals surface area contributed by atoms with E-state index in [1.807, 2.05) is 13.8 Å². The van der Waals surface area contributed by atoms with E-state index in [2.05, 4.69) is 6.58 Å². The molecule has 0 unspecified atom stereocenters. The number of rotatable bonds is 2. The number of carbonyl (C=O) groups is 1. The van der Waals surface area contributed by atoms with Crippen LogP contribution in [0.25, 0.3) is 0 Å². The Labute approximate surface area is 55.1 Å². The van der Waals surface area contributed by atoms with Gasteiger partial charge in [0.05, 0.1) is 0 Å². The fourth-order valence-electron chi connectivity index (χ4n) is 0.551. The van der Waals surface area contributed by atoms with Gasteiger partial charge in [0.15, 0.2) is 0 Å². The van der Waals surface area contributed by atoms with E-state index >= 15 is 0 Å². The van der Waals surface area contributed by atoms with Crippen molar-refractivity contribution in [2.24, 2.45) is 5.73 Å². The van der Waals surface area contributed by atoms with Crippen LogP contribution in [0.3, 0.4) is 0 Å². The van der Waals surface area contributed by atoms with E-state index in [4.69, 9.17) is 5.73 Å². The van der Waals surface area contributed by atoms with Crippen LogP contribution >= 0.6 is 0 Å². The molecule has 1 amide bonds. The molecule has 50 valence electrons. The van der Waals surface area contributed by atoms with Crippen molar-refractivity contribution in [1.29, 1.82) is 0 Å². The van der Waals surface area contributed by atoms with Crippen LogP contribution < -0.4 is 5.73 Å². The average molecular weight is 125 g/mol. The zero-order valence-electron chi connectivity index (χ0n) is 5.77. The number of hydrogen-bond acceptors (Lipinski definition) is 1. The molecule has 0 spiro atoms. The molecule has 0 heterocycles. The van der Waals surface area contributed by atoms with Gasteiger partial charge in [-0.3, -0.25) is 4.79 Å². The minimum Gasteiger partial charge on any atom is -0.366 e. The van der Waals surface area contributed by atoms with Crippen molar-refractivity contribution < 1.29 is 4.79 Å². The molecule has 0 saturated carbocycles. The van der Waals surface area contributed by atoms with Crippen molar-refractivity contribution in [3.8, 4) is 0 Å². The van der Waals surface area contributed by atoms with E-state index in [1.165, 1.54) is 6.08 Å². The van der Waals surface area contributed by atoms with Crippen LogP contribution in [0.5, 0.6) is 0 Å². The highest BCUT2D eigenvalue weighted by Crippen LogP contribution is 2.01. The van der Waals surface area contributed by atoms with Crippen LogP contribution in [0.1, 0.15) is 13.8 Å². The van der Waals surface area contributed by atoms with Crippen molar-refractivity contribution in [3.05, 3.63) is 23.8 Å². The summed E-state index contributed by atoms with van der Waals surface area (Å²) in [5.74, 6) is -0.412. The first-order chi connectivity index (χ1) is 4.09. The van der Waals surface area contributed by atoms with Crippen molar-refractivity contribution >= 4 is 5.91 Å². The third-order valence-electron chi connectivity index (χ3n) is 1.01. The first kappa shape index (κ1) is 7.95. The molecule has 0 aromatic carbocycles. The summed E-state index contributed by atoms with van der Waals surface area (Å²) in [5.41, 5.74) is 6.39. The molecular formula is C7H11NO. The molecular weight excluding hydrogens is 114 g/mol. The predicted molar refractivity (Wildman–Crippen MR) is 37.8 cm³/mol. The fourth-order valence-corrected chi connectivity index (χ4v) is 0.551. The molecule has 0 atom stereocenters. The second-order valence-electron chi connectivity index (χ2n) is 1.98. The predicted octanol–water partition coefficient (Wildman–Crippen LogP) is 0.994. The van der Waals surface area contributed by atoms with Crippen molar-refractivity contribution in [2.75, 3.05) is 0 Å². The largest absolute Gasteiger partial charge is 0.366 e. The van der Waals surface area contributed by atoms with Gasteiger partial charge < -0.3 is 5.73 Å². The van der Waals surface area contributed by atoms with Gasteiger partial charge in [-0.1, -0.05) is 18.2 Å². The van der Waals surface area contributed by atoms with Gasteiger partial charge in [-0.2, -0.15) is 0 Å². The smallest absolute Gasteiger partial charge is 0.248 e. The third kappa shape index (κ3) is 2.13. The zero-order valence-corrected chi connectivity index (χ0v) is 5.77. The Hall–Kier alpha value is -1.05. The summed E-state index contributed by atoms with van der Waals surface area (Å²) in [4.78, 5) is 10.5. The lowest BCUT2D eigenvalue weighted by atomic mass is 10.1. The van der Waals surface area contributed by atoms with Gasteiger partial charge in [-0.15, -0.1) is 0 Å². The van der Waals surface area contributed by atoms with Gasteiger partial charge in [-0.25, -0.2) is 0 Å². The molecule has 0 aromatic heterocycles. The van der Waals surface area contributed by atoms with Gasteiger partial charge in [0, 0.05) is 5.57 Å². The lowest BCUT2D eigenvalue weighted by Gasteiger charge is -1.95. The molecule has 0 aromatic rings. The number of allylic oxidation sites excluding steroid dienone is 1. The first-order valence-electron chi connectivity index (χ1n) is 2.69. The number of carbonyl (C=O) groups excluding carboxylic acids is 1. The average Bonchev–Trinajstić information content (AvgIpc) is 1.64. The standard InChI is InChI=1S/C7H11NO/c1-4-6(5(2)3)7(8)9/h4H,1H2,2-3H3,(H2,8,9). The Morgan fingerprint density at radius 1 is 1.56 bits per heavy atom. The Kier molecular flexibility index (Phi) is 2.71. The molecule has 0 aliphatic carbocycles. The van der Waals surface area contributed by atoms with Crippen LogP contribution in [0.2, 0.25) is 0 Å². The van der Waals surface area contributed by atoms with Gasteiger partial charge >= 0.3 is 0 Å². The molecule has 2 heteroatoms. The van der Waals surface area contributed by atoms with E-state index in [-0.39, 0.29) is 0 Å². The maximum Gasteiger partial charge on any atom is 0.248 e. The quantitative estimate of drug-likeness (QED) is 0.434. The Bertz CT molecular complexity index is 164. The summed E-state index contributed by atoms with van der Waals surface area (Å²) < 4.78 is 0. The van der Waals surface area contributed by atoms with Crippen LogP contribution in [0.4, 0.5) is 0 Å². The van der Waals surface area contributed by atoms with Crippen molar-refractivity contribution in [3.63, 3.8) is 0 Å². The van der Waals surface area contributed by atoms with Crippen LogP contribution in [-0.4, -0.2) is 5.91 Å². The minimum absolute atomic E-state index is 0.412. The van der Waals surface area contributed by atoms with E-state index in [0.717, 1.165) is 5.57 Å². The first-order valence-corrected chi connectivity index (χ1v) is 2.69. The topological polar surface area (TPSA) is 43.1 Å². The molecule has 0 saturated heterocycles. The molecule has 0 fully saturated rings. The number of amides is 1. The zero-order chi connectivity index (χ0) is 7.44. The lowest BCUT2D eigenvalue weighted by molar-refractivity contribution is -0.114. The number of primary amides is 1. The van der Waals surface area contributed by atoms with E-state index in [0.29, 0.717) is 5.57 Å². The fraction of sp³-hybridized carbons (Fsp3) is 0.286. The van der Waals surface area contributed by atoms with E-state index in [9.17, 15) is 4.79 Å². The molecule has 0 bridgehead atoms. The second kappa shape index (κ2) is 3.07.